The van der Waals surface area contributed by atoms with Crippen LogP contribution in [0.2, 0.25) is 0 Å². The van der Waals surface area contributed by atoms with Crippen LogP contribution in [0.1, 0.15) is 37.4 Å². The third-order valence-corrected chi connectivity index (χ3v) is 5.33. The molecule has 2 N–H and O–H groups in total. The Hall–Kier alpha value is -2.66. The topological polar surface area (TPSA) is 65.5 Å². The molecule has 1 aromatic carbocycles. The summed E-state index contributed by atoms with van der Waals surface area (Å²) < 4.78 is 0. The van der Waals surface area contributed by atoms with Crippen molar-refractivity contribution in [3.8, 4) is 0 Å². The Balaban J connectivity index is 1.59. The highest BCUT2D eigenvalue weighted by Gasteiger charge is 2.35. The molecule has 0 spiro atoms. The molecule has 2 amide bonds. The van der Waals surface area contributed by atoms with Crippen LogP contribution in [0.4, 0.5) is 10.5 Å². The number of amides is 2. The van der Waals surface area contributed by atoms with Crippen LogP contribution in [-0.2, 0) is 0 Å². The van der Waals surface area contributed by atoms with E-state index in [-0.39, 0.29) is 18.1 Å². The highest BCUT2D eigenvalue weighted by atomic mass is 16.3. The van der Waals surface area contributed by atoms with Crippen LogP contribution >= 0.6 is 0 Å². The van der Waals surface area contributed by atoms with Gasteiger partial charge in [-0.05, 0) is 55.2 Å². The Morgan fingerprint density at radius 1 is 1.26 bits per heavy atom. The third kappa shape index (κ3) is 4.95. The molecule has 0 aliphatic carbocycles. The minimum atomic E-state index is -0.157. The fraction of sp³-hybridized carbons (Fsp3) is 0.364. The predicted molar refractivity (Wildman–Crippen MR) is 109 cm³/mol. The van der Waals surface area contributed by atoms with E-state index in [1.165, 1.54) is 0 Å². The van der Waals surface area contributed by atoms with Gasteiger partial charge in [-0.3, -0.25) is 4.98 Å². The number of rotatable bonds is 5. The first-order chi connectivity index (χ1) is 13.1. The molecule has 27 heavy (non-hydrogen) atoms. The van der Waals surface area contributed by atoms with E-state index in [1.807, 2.05) is 59.5 Å². The Morgan fingerprint density at radius 2 is 2.07 bits per heavy atom. The molecule has 5 nitrogen and oxygen atoms in total. The molecule has 0 bridgehead atoms. The maximum atomic E-state index is 12.6. The first-order valence-corrected chi connectivity index (χ1v) is 9.50. The standard InChI is InChI=1S/C22H27N3O2/c1-2-22(17-26)13-5-15-25(16-22)21(27)24-20-11-8-18(9-12-20)7-10-19-6-3-4-14-23-19/h3-4,6-12,14,26H,2,5,13,15-17H2,1H3,(H,24,27)/b10-7+. The number of hydrogen-bond donors (Lipinski definition) is 2. The summed E-state index contributed by atoms with van der Waals surface area (Å²) in [5, 5.41) is 12.7. The maximum absolute atomic E-state index is 12.6. The van der Waals surface area contributed by atoms with Crippen molar-refractivity contribution in [1.29, 1.82) is 0 Å². The number of pyridine rings is 1. The van der Waals surface area contributed by atoms with E-state index in [4.69, 9.17) is 0 Å². The third-order valence-electron chi connectivity index (χ3n) is 5.33. The number of aromatic nitrogens is 1. The summed E-state index contributed by atoms with van der Waals surface area (Å²) >= 11 is 0. The van der Waals surface area contributed by atoms with Gasteiger partial charge in [0.2, 0.25) is 0 Å². The molecule has 1 aliphatic heterocycles. The zero-order chi connectivity index (χ0) is 19.1. The number of carbonyl (C=O) groups excluding carboxylic acids is 1. The van der Waals surface area contributed by atoms with Crippen LogP contribution in [0.25, 0.3) is 12.2 Å². The summed E-state index contributed by atoms with van der Waals surface area (Å²) in [5.74, 6) is 0. The number of nitrogens with zero attached hydrogens (tertiary/aromatic N) is 2. The largest absolute Gasteiger partial charge is 0.396 e. The van der Waals surface area contributed by atoms with Gasteiger partial charge in [0, 0.05) is 30.4 Å². The Labute approximate surface area is 160 Å². The van der Waals surface area contributed by atoms with Crippen molar-refractivity contribution in [2.24, 2.45) is 5.41 Å². The maximum Gasteiger partial charge on any atom is 0.321 e. The zero-order valence-corrected chi connectivity index (χ0v) is 15.8. The summed E-state index contributed by atoms with van der Waals surface area (Å²) in [6.07, 6.45) is 8.50. The van der Waals surface area contributed by atoms with E-state index in [2.05, 4.69) is 17.2 Å². The summed E-state index contributed by atoms with van der Waals surface area (Å²) in [4.78, 5) is 18.7. The van der Waals surface area contributed by atoms with Gasteiger partial charge in [0.15, 0.2) is 0 Å². The van der Waals surface area contributed by atoms with Crippen LogP contribution in [0, 0.1) is 5.41 Å². The average molecular weight is 365 g/mol. The van der Waals surface area contributed by atoms with Crippen molar-refractivity contribution >= 4 is 23.9 Å². The van der Waals surface area contributed by atoms with E-state index in [1.54, 1.807) is 6.20 Å². The van der Waals surface area contributed by atoms with Gasteiger partial charge in [-0.15, -0.1) is 0 Å². The first-order valence-electron chi connectivity index (χ1n) is 9.50. The minimum Gasteiger partial charge on any atom is -0.396 e. The van der Waals surface area contributed by atoms with E-state index >= 15 is 0 Å². The van der Waals surface area contributed by atoms with Crippen LogP contribution in [-0.4, -0.2) is 40.7 Å². The van der Waals surface area contributed by atoms with Crippen LogP contribution in [0.3, 0.4) is 0 Å². The van der Waals surface area contributed by atoms with Gasteiger partial charge in [0.1, 0.15) is 0 Å². The molecule has 1 aromatic heterocycles. The molecular formula is C22H27N3O2. The number of carbonyl (C=O) groups is 1. The van der Waals surface area contributed by atoms with Crippen molar-refractivity contribution in [2.75, 3.05) is 25.0 Å². The predicted octanol–water partition coefficient (Wildman–Crippen LogP) is 4.27. The zero-order valence-electron chi connectivity index (χ0n) is 15.8. The van der Waals surface area contributed by atoms with E-state index in [0.717, 1.165) is 42.8 Å². The summed E-state index contributed by atoms with van der Waals surface area (Å²) in [6.45, 7) is 3.55. The number of likely N-dealkylation sites (tertiary alicyclic amines) is 1. The summed E-state index contributed by atoms with van der Waals surface area (Å²) in [6, 6.07) is 13.4. The lowest BCUT2D eigenvalue weighted by Gasteiger charge is -2.41. The van der Waals surface area contributed by atoms with Crippen molar-refractivity contribution < 1.29 is 9.90 Å². The first kappa shape index (κ1) is 19.1. The lowest BCUT2D eigenvalue weighted by atomic mass is 9.78. The number of hydrogen-bond acceptors (Lipinski definition) is 3. The van der Waals surface area contributed by atoms with Gasteiger partial charge < -0.3 is 15.3 Å². The van der Waals surface area contributed by atoms with Crippen molar-refractivity contribution in [2.45, 2.75) is 26.2 Å². The molecule has 142 valence electrons. The normalized spacial score (nSPS) is 20.0. The number of piperidine rings is 1. The van der Waals surface area contributed by atoms with Gasteiger partial charge >= 0.3 is 6.03 Å². The van der Waals surface area contributed by atoms with Crippen molar-refractivity contribution in [1.82, 2.24) is 9.88 Å². The van der Waals surface area contributed by atoms with E-state index in [9.17, 15) is 9.90 Å². The molecule has 1 atom stereocenters. The lowest BCUT2D eigenvalue weighted by Crippen LogP contribution is -2.49. The lowest BCUT2D eigenvalue weighted by molar-refractivity contribution is 0.0468. The van der Waals surface area contributed by atoms with Crippen molar-refractivity contribution in [3.05, 3.63) is 59.9 Å². The second kappa shape index (κ2) is 8.82. The van der Waals surface area contributed by atoms with Crippen LogP contribution < -0.4 is 5.32 Å². The van der Waals surface area contributed by atoms with E-state index in [0.29, 0.717) is 6.54 Å². The molecule has 2 heterocycles. The molecule has 1 aliphatic rings. The molecule has 0 saturated carbocycles. The molecule has 1 unspecified atom stereocenters. The monoisotopic (exact) mass is 365 g/mol. The van der Waals surface area contributed by atoms with Crippen LogP contribution in [0.5, 0.6) is 0 Å². The fourth-order valence-electron chi connectivity index (χ4n) is 3.45. The second-order valence-electron chi connectivity index (χ2n) is 7.18. The molecule has 2 aromatic rings. The number of anilines is 1. The molecule has 1 fully saturated rings. The van der Waals surface area contributed by atoms with Crippen molar-refractivity contribution in [3.63, 3.8) is 0 Å². The fourth-order valence-corrected chi connectivity index (χ4v) is 3.45. The summed E-state index contributed by atoms with van der Waals surface area (Å²) in [5.41, 5.74) is 2.56. The van der Waals surface area contributed by atoms with Gasteiger partial charge in [-0.2, -0.15) is 0 Å². The molecule has 5 heteroatoms. The molecule has 1 saturated heterocycles. The quantitative estimate of drug-likeness (QED) is 0.832. The number of aliphatic hydroxyl groups is 1. The van der Waals surface area contributed by atoms with Crippen LogP contribution in [0.15, 0.2) is 48.7 Å². The second-order valence-corrected chi connectivity index (χ2v) is 7.18. The Bertz CT molecular complexity index is 768. The van der Waals surface area contributed by atoms with E-state index < -0.39 is 0 Å². The highest BCUT2D eigenvalue weighted by molar-refractivity contribution is 5.89. The number of aliphatic hydroxyl groups excluding tert-OH is 1. The molecular weight excluding hydrogens is 338 g/mol. The molecule has 0 radical (unpaired) electrons. The van der Waals surface area contributed by atoms with Gasteiger partial charge in [-0.1, -0.05) is 31.2 Å². The molecule has 3 rings (SSSR count). The van der Waals surface area contributed by atoms with Gasteiger partial charge in [0.05, 0.1) is 12.3 Å². The Morgan fingerprint density at radius 3 is 2.74 bits per heavy atom. The smallest absolute Gasteiger partial charge is 0.321 e. The number of nitrogens with one attached hydrogen (secondary N) is 1. The van der Waals surface area contributed by atoms with Gasteiger partial charge in [-0.25, -0.2) is 4.79 Å². The minimum absolute atomic E-state index is 0.0993. The SMILES string of the molecule is CCC1(CO)CCCN(C(=O)Nc2ccc(/C=C/c3ccccn3)cc2)C1. The highest BCUT2D eigenvalue weighted by Crippen LogP contribution is 2.33. The Kier molecular flexibility index (Phi) is 6.24. The van der Waals surface area contributed by atoms with Gasteiger partial charge in [0.25, 0.3) is 0 Å². The average Bonchev–Trinajstić information content (AvgIpc) is 2.74. The summed E-state index contributed by atoms with van der Waals surface area (Å²) in [7, 11) is 0. The number of benzene rings is 1. The number of urea groups is 1.